The average molecular weight is 437 g/mol. The van der Waals surface area contributed by atoms with Gasteiger partial charge in [0.15, 0.2) is 0 Å². The Hall–Kier alpha value is -0.370. The lowest BCUT2D eigenvalue weighted by atomic mass is 10.2. The van der Waals surface area contributed by atoms with Crippen LogP contribution >= 0.6 is 0 Å². The van der Waals surface area contributed by atoms with Crippen LogP contribution in [0.1, 0.15) is 34.1 Å². The first-order valence-electron chi connectivity index (χ1n) is 9.39. The van der Waals surface area contributed by atoms with Crippen molar-refractivity contribution in [2.24, 2.45) is 5.92 Å². The summed E-state index contributed by atoms with van der Waals surface area (Å²) in [7, 11) is -4.22. The Morgan fingerprint density at radius 2 is 1.11 bits per heavy atom. The van der Waals surface area contributed by atoms with Crippen LogP contribution in [0.15, 0.2) is 0 Å². The lowest BCUT2D eigenvalue weighted by Gasteiger charge is -2.04. The number of rotatable bonds is 16. The molecule has 0 aliphatic rings. The molecule has 0 aromatic rings. The molecule has 0 radical (unpaired) electrons. The van der Waals surface area contributed by atoms with Crippen molar-refractivity contribution in [1.82, 2.24) is 0 Å². The third-order valence-electron chi connectivity index (χ3n) is 2.55. The van der Waals surface area contributed by atoms with Crippen LogP contribution in [0.4, 0.5) is 0 Å². The van der Waals surface area contributed by atoms with Gasteiger partial charge in [-0.2, -0.15) is 8.42 Å². The van der Waals surface area contributed by atoms with Crippen LogP contribution in [0, 0.1) is 5.92 Å². The quantitative estimate of drug-likeness (QED) is 0.236. The van der Waals surface area contributed by atoms with E-state index in [1.54, 1.807) is 0 Å². The highest BCUT2D eigenvalue weighted by Gasteiger charge is 2.03. The topological polar surface area (TPSA) is 141 Å². The van der Waals surface area contributed by atoms with E-state index in [4.69, 9.17) is 33.7 Å². The third-order valence-corrected chi connectivity index (χ3v) is 3.02. The van der Waals surface area contributed by atoms with Crippen LogP contribution in [0.5, 0.6) is 0 Å². The van der Waals surface area contributed by atoms with Gasteiger partial charge in [-0.3, -0.25) is 4.55 Å². The highest BCUT2D eigenvalue weighted by Crippen LogP contribution is 2.00. The molecule has 174 valence electrons. The standard InChI is InChI=1S/C8H18O5.C5H12O4S.C4H10O/c9-1-3-11-5-7-13-8-6-12-4-2-10;1-5(2)3-4-9-10(6,7)8;1-3-5-4-2/h9-10H,1-8H2;5H,3-4H2,1-2H3,(H,6,7,8);3-4H2,1-2H3. The van der Waals surface area contributed by atoms with Gasteiger partial charge >= 0.3 is 10.4 Å². The van der Waals surface area contributed by atoms with Gasteiger partial charge in [0.05, 0.1) is 59.5 Å². The summed E-state index contributed by atoms with van der Waals surface area (Å²) < 4.78 is 51.9. The molecule has 0 heterocycles. The van der Waals surface area contributed by atoms with E-state index in [0.29, 0.717) is 52.0 Å². The predicted molar refractivity (Wildman–Crippen MR) is 106 cm³/mol. The van der Waals surface area contributed by atoms with Gasteiger partial charge in [-0.25, -0.2) is 4.18 Å². The van der Waals surface area contributed by atoms with Gasteiger partial charge in [0, 0.05) is 13.2 Å². The largest absolute Gasteiger partial charge is 0.397 e. The molecule has 0 saturated heterocycles. The summed E-state index contributed by atoms with van der Waals surface area (Å²) in [6, 6.07) is 0. The van der Waals surface area contributed by atoms with Gasteiger partial charge in [-0.05, 0) is 26.2 Å². The summed E-state index contributed by atoms with van der Waals surface area (Å²) in [5.74, 6) is 0.377. The van der Waals surface area contributed by atoms with Crippen molar-refractivity contribution in [2.75, 3.05) is 72.7 Å². The Morgan fingerprint density at radius 1 is 0.714 bits per heavy atom. The molecule has 0 aliphatic heterocycles. The number of ether oxygens (including phenoxy) is 4. The van der Waals surface area contributed by atoms with Gasteiger partial charge < -0.3 is 29.2 Å². The number of aliphatic hydroxyl groups is 2. The lowest BCUT2D eigenvalue weighted by molar-refractivity contribution is 0.00230. The van der Waals surface area contributed by atoms with Crippen molar-refractivity contribution >= 4 is 10.4 Å². The maximum Gasteiger partial charge on any atom is 0.397 e. The molecular weight excluding hydrogens is 396 g/mol. The van der Waals surface area contributed by atoms with Crippen molar-refractivity contribution in [3.05, 3.63) is 0 Å². The first-order chi connectivity index (χ1) is 13.2. The molecule has 28 heavy (non-hydrogen) atoms. The van der Waals surface area contributed by atoms with Crippen molar-refractivity contribution < 1.29 is 46.3 Å². The second-order valence-corrected chi connectivity index (χ2v) is 6.59. The van der Waals surface area contributed by atoms with Crippen molar-refractivity contribution in [3.63, 3.8) is 0 Å². The van der Waals surface area contributed by atoms with E-state index < -0.39 is 10.4 Å². The van der Waals surface area contributed by atoms with Gasteiger partial charge in [-0.1, -0.05) is 13.8 Å². The van der Waals surface area contributed by atoms with E-state index in [-0.39, 0.29) is 19.8 Å². The van der Waals surface area contributed by atoms with Crippen LogP contribution in [-0.2, 0) is 33.5 Å². The second-order valence-electron chi connectivity index (χ2n) is 5.50. The van der Waals surface area contributed by atoms with E-state index in [2.05, 4.69) is 4.18 Å². The first kappa shape index (κ1) is 32.3. The molecule has 0 aromatic carbocycles. The summed E-state index contributed by atoms with van der Waals surface area (Å²) in [4.78, 5) is 0. The fourth-order valence-corrected chi connectivity index (χ4v) is 1.57. The molecule has 11 heteroatoms. The Labute approximate surface area is 170 Å². The summed E-state index contributed by atoms with van der Waals surface area (Å²) in [5, 5.41) is 16.7. The molecule has 0 unspecified atom stereocenters. The minimum absolute atomic E-state index is 0.0413. The van der Waals surface area contributed by atoms with Crippen LogP contribution in [-0.4, -0.2) is 95.9 Å². The lowest BCUT2D eigenvalue weighted by Crippen LogP contribution is -2.11. The zero-order chi connectivity index (χ0) is 22.1. The van der Waals surface area contributed by atoms with Gasteiger partial charge in [0.1, 0.15) is 0 Å². The molecule has 0 atom stereocenters. The summed E-state index contributed by atoms with van der Waals surface area (Å²) in [6.45, 7) is 12.4. The SMILES string of the molecule is CC(C)CCOS(=O)(=O)O.CCOCC.OCCOCCOCCOCCO. The first-order valence-corrected chi connectivity index (χ1v) is 10.8. The maximum absolute atomic E-state index is 9.95. The monoisotopic (exact) mass is 436 g/mol. The van der Waals surface area contributed by atoms with Gasteiger partial charge in [0.25, 0.3) is 0 Å². The minimum Gasteiger partial charge on any atom is -0.394 e. The molecule has 0 spiro atoms. The molecule has 0 fully saturated rings. The summed E-state index contributed by atoms with van der Waals surface area (Å²) in [5.41, 5.74) is 0. The van der Waals surface area contributed by atoms with Gasteiger partial charge in [-0.15, -0.1) is 0 Å². The summed E-state index contributed by atoms with van der Waals surface area (Å²) in [6.07, 6.45) is 0.625. The fourth-order valence-electron chi connectivity index (χ4n) is 1.26. The van der Waals surface area contributed by atoms with E-state index >= 15 is 0 Å². The van der Waals surface area contributed by atoms with Gasteiger partial charge in [0.2, 0.25) is 0 Å². The highest BCUT2D eigenvalue weighted by molar-refractivity contribution is 7.80. The Morgan fingerprint density at radius 3 is 1.36 bits per heavy atom. The van der Waals surface area contributed by atoms with E-state index in [9.17, 15) is 8.42 Å². The van der Waals surface area contributed by atoms with Crippen molar-refractivity contribution in [2.45, 2.75) is 34.1 Å². The Bertz CT molecular complexity index is 351. The van der Waals surface area contributed by atoms with E-state index in [1.165, 1.54) is 0 Å². The average Bonchev–Trinajstić information content (AvgIpc) is 2.61. The maximum atomic E-state index is 9.95. The molecule has 0 aromatic heterocycles. The smallest absolute Gasteiger partial charge is 0.394 e. The number of hydrogen-bond donors (Lipinski definition) is 3. The molecule has 0 aliphatic carbocycles. The van der Waals surface area contributed by atoms with Crippen LogP contribution in [0.25, 0.3) is 0 Å². The molecular formula is C17H40O10S. The molecule has 3 N–H and O–H groups in total. The number of aliphatic hydroxyl groups excluding tert-OH is 2. The van der Waals surface area contributed by atoms with E-state index in [1.807, 2.05) is 27.7 Å². The Kier molecular flexibility index (Phi) is 30.7. The molecule has 0 amide bonds. The highest BCUT2D eigenvalue weighted by atomic mass is 32.3. The predicted octanol–water partition coefficient (Wildman–Crippen LogP) is 0.916. The normalized spacial score (nSPS) is 10.9. The molecule has 0 bridgehead atoms. The third kappa shape index (κ3) is 44.8. The second kappa shape index (κ2) is 26.6. The summed E-state index contributed by atoms with van der Waals surface area (Å²) >= 11 is 0. The minimum atomic E-state index is -4.22. The molecule has 0 saturated carbocycles. The molecule has 0 rings (SSSR count). The van der Waals surface area contributed by atoms with Crippen molar-refractivity contribution in [3.8, 4) is 0 Å². The van der Waals surface area contributed by atoms with E-state index in [0.717, 1.165) is 13.2 Å². The Balaban J connectivity index is -0.000000368. The van der Waals surface area contributed by atoms with Crippen LogP contribution < -0.4 is 0 Å². The zero-order valence-corrected chi connectivity index (χ0v) is 18.5. The van der Waals surface area contributed by atoms with Crippen LogP contribution in [0.3, 0.4) is 0 Å². The van der Waals surface area contributed by atoms with Crippen molar-refractivity contribution in [1.29, 1.82) is 0 Å². The zero-order valence-electron chi connectivity index (χ0n) is 17.7. The fraction of sp³-hybridized carbons (Fsp3) is 1.00. The van der Waals surface area contributed by atoms with Crippen LogP contribution in [0.2, 0.25) is 0 Å². The number of hydrogen-bond acceptors (Lipinski definition) is 9. The molecule has 10 nitrogen and oxygen atoms in total.